The van der Waals surface area contributed by atoms with E-state index >= 15 is 0 Å². The number of fused-ring (bicyclic) bond motifs is 1. The van der Waals surface area contributed by atoms with E-state index in [-0.39, 0.29) is 11.6 Å². The Morgan fingerprint density at radius 1 is 1.20 bits per heavy atom. The summed E-state index contributed by atoms with van der Waals surface area (Å²) in [5.74, 6) is 1.11. The third kappa shape index (κ3) is 2.98. The SMILES string of the molecule is CC(c1nnc(-c2ccccc2)o1)N1CCc2nn(C)c(=O)cc2C1. The lowest BCUT2D eigenvalue weighted by Crippen LogP contribution is -2.36. The maximum atomic E-state index is 11.8. The van der Waals surface area contributed by atoms with E-state index in [1.165, 1.54) is 4.68 Å². The van der Waals surface area contributed by atoms with Gasteiger partial charge in [0.25, 0.3) is 5.56 Å². The van der Waals surface area contributed by atoms with Gasteiger partial charge in [0.15, 0.2) is 0 Å². The fraction of sp³-hybridized carbons (Fsp3) is 0.333. The van der Waals surface area contributed by atoms with Crippen LogP contribution in [0, 0.1) is 0 Å². The lowest BCUT2D eigenvalue weighted by atomic mass is 10.0. The molecule has 0 aliphatic carbocycles. The van der Waals surface area contributed by atoms with Gasteiger partial charge in [-0.2, -0.15) is 5.10 Å². The molecule has 7 heteroatoms. The quantitative estimate of drug-likeness (QED) is 0.727. The highest BCUT2D eigenvalue weighted by Crippen LogP contribution is 2.27. The van der Waals surface area contributed by atoms with Crippen molar-refractivity contribution in [3.8, 4) is 11.5 Å². The summed E-state index contributed by atoms with van der Waals surface area (Å²) in [5, 5.41) is 12.7. The fourth-order valence-corrected chi connectivity index (χ4v) is 3.10. The van der Waals surface area contributed by atoms with Gasteiger partial charge in [0.05, 0.1) is 11.7 Å². The van der Waals surface area contributed by atoms with Crippen LogP contribution in [0.15, 0.2) is 45.6 Å². The molecule has 3 heterocycles. The van der Waals surface area contributed by atoms with Gasteiger partial charge in [-0.15, -0.1) is 10.2 Å². The summed E-state index contributed by atoms with van der Waals surface area (Å²) in [6.07, 6.45) is 0.799. The molecule has 0 amide bonds. The topological polar surface area (TPSA) is 77.1 Å². The zero-order valence-corrected chi connectivity index (χ0v) is 14.2. The second-order valence-electron chi connectivity index (χ2n) is 6.29. The maximum Gasteiger partial charge on any atom is 0.266 e. The van der Waals surface area contributed by atoms with Crippen molar-refractivity contribution in [1.82, 2.24) is 24.9 Å². The number of rotatable bonds is 3. The highest BCUT2D eigenvalue weighted by molar-refractivity contribution is 5.51. The monoisotopic (exact) mass is 337 g/mol. The summed E-state index contributed by atoms with van der Waals surface area (Å²) >= 11 is 0. The van der Waals surface area contributed by atoms with Crippen molar-refractivity contribution in [2.45, 2.75) is 25.9 Å². The minimum absolute atomic E-state index is 0.0258. The van der Waals surface area contributed by atoms with Crippen LogP contribution in [0.25, 0.3) is 11.5 Å². The zero-order valence-electron chi connectivity index (χ0n) is 14.2. The smallest absolute Gasteiger partial charge is 0.266 e. The second-order valence-corrected chi connectivity index (χ2v) is 6.29. The molecule has 1 atom stereocenters. The van der Waals surface area contributed by atoms with Crippen LogP contribution in [0.4, 0.5) is 0 Å². The van der Waals surface area contributed by atoms with Gasteiger partial charge in [-0.05, 0) is 24.6 Å². The average Bonchev–Trinajstić information content (AvgIpc) is 3.12. The van der Waals surface area contributed by atoms with Crippen molar-refractivity contribution >= 4 is 0 Å². The number of aryl methyl sites for hydroxylation is 1. The summed E-state index contributed by atoms with van der Waals surface area (Å²) in [7, 11) is 1.68. The molecular weight excluding hydrogens is 318 g/mol. The largest absolute Gasteiger partial charge is 0.419 e. The Hall–Kier alpha value is -2.80. The van der Waals surface area contributed by atoms with Crippen molar-refractivity contribution in [2.75, 3.05) is 6.54 Å². The second kappa shape index (κ2) is 6.25. The van der Waals surface area contributed by atoms with Crippen molar-refractivity contribution in [3.05, 3.63) is 63.9 Å². The van der Waals surface area contributed by atoms with Crippen LogP contribution in [-0.4, -0.2) is 31.4 Å². The Balaban J connectivity index is 1.56. The molecule has 0 spiro atoms. The van der Waals surface area contributed by atoms with Gasteiger partial charge in [0.1, 0.15) is 0 Å². The summed E-state index contributed by atoms with van der Waals surface area (Å²) in [6, 6.07) is 11.4. The molecule has 4 rings (SSSR count). The van der Waals surface area contributed by atoms with Gasteiger partial charge < -0.3 is 4.42 Å². The van der Waals surface area contributed by atoms with Crippen molar-refractivity contribution in [3.63, 3.8) is 0 Å². The fourth-order valence-electron chi connectivity index (χ4n) is 3.10. The highest BCUT2D eigenvalue weighted by Gasteiger charge is 2.26. The minimum atomic E-state index is -0.0857. The van der Waals surface area contributed by atoms with Crippen LogP contribution >= 0.6 is 0 Å². The van der Waals surface area contributed by atoms with Crippen molar-refractivity contribution in [2.24, 2.45) is 7.05 Å². The van der Waals surface area contributed by atoms with Crippen LogP contribution in [0.2, 0.25) is 0 Å². The summed E-state index contributed by atoms with van der Waals surface area (Å²) in [4.78, 5) is 14.1. The summed E-state index contributed by atoms with van der Waals surface area (Å²) < 4.78 is 7.26. The Labute approximate surface area is 144 Å². The van der Waals surface area contributed by atoms with Crippen LogP contribution in [0.5, 0.6) is 0 Å². The Morgan fingerprint density at radius 3 is 2.80 bits per heavy atom. The Morgan fingerprint density at radius 2 is 2.00 bits per heavy atom. The van der Waals surface area contributed by atoms with Crippen LogP contribution in [-0.2, 0) is 20.0 Å². The summed E-state index contributed by atoms with van der Waals surface area (Å²) in [5.41, 5.74) is 2.78. The number of hydrogen-bond acceptors (Lipinski definition) is 6. The first-order chi connectivity index (χ1) is 12.1. The Kier molecular flexibility index (Phi) is 3.93. The number of aromatic nitrogens is 4. The molecule has 1 aliphatic rings. The first-order valence-corrected chi connectivity index (χ1v) is 8.31. The molecule has 1 aliphatic heterocycles. The van der Waals surface area contributed by atoms with Crippen LogP contribution in [0.3, 0.4) is 0 Å². The molecule has 0 fully saturated rings. The van der Waals surface area contributed by atoms with E-state index in [0.717, 1.165) is 29.8 Å². The van der Waals surface area contributed by atoms with Gasteiger partial charge in [0, 0.05) is 38.2 Å². The van der Waals surface area contributed by atoms with Gasteiger partial charge in [-0.3, -0.25) is 9.69 Å². The van der Waals surface area contributed by atoms with E-state index in [1.54, 1.807) is 13.1 Å². The molecule has 0 N–H and O–H groups in total. The lowest BCUT2D eigenvalue weighted by Gasteiger charge is -2.31. The van der Waals surface area contributed by atoms with E-state index in [1.807, 2.05) is 37.3 Å². The highest BCUT2D eigenvalue weighted by atomic mass is 16.4. The number of hydrogen-bond donors (Lipinski definition) is 0. The van der Waals surface area contributed by atoms with Gasteiger partial charge in [0.2, 0.25) is 11.8 Å². The molecule has 1 unspecified atom stereocenters. The molecule has 25 heavy (non-hydrogen) atoms. The molecule has 3 aromatic rings. The van der Waals surface area contributed by atoms with Gasteiger partial charge in [-0.1, -0.05) is 18.2 Å². The van der Waals surface area contributed by atoms with Crippen LogP contribution in [0.1, 0.15) is 30.1 Å². The normalized spacial score (nSPS) is 15.8. The van der Waals surface area contributed by atoms with Gasteiger partial charge in [-0.25, -0.2) is 4.68 Å². The predicted molar refractivity (Wildman–Crippen MR) is 91.7 cm³/mol. The molecule has 7 nitrogen and oxygen atoms in total. The van der Waals surface area contributed by atoms with E-state index < -0.39 is 0 Å². The van der Waals surface area contributed by atoms with Crippen LogP contribution < -0.4 is 5.56 Å². The molecule has 0 saturated carbocycles. The molecule has 1 aromatic carbocycles. The molecule has 0 saturated heterocycles. The third-order valence-corrected chi connectivity index (χ3v) is 4.63. The molecular formula is C18H19N5O2. The summed E-state index contributed by atoms with van der Waals surface area (Å²) in [6.45, 7) is 3.53. The van der Waals surface area contributed by atoms with Crippen molar-refractivity contribution in [1.29, 1.82) is 0 Å². The maximum absolute atomic E-state index is 11.8. The lowest BCUT2D eigenvalue weighted by molar-refractivity contribution is 0.165. The zero-order chi connectivity index (χ0) is 17.4. The molecule has 0 bridgehead atoms. The molecule has 128 valence electrons. The average molecular weight is 337 g/mol. The standard InChI is InChI=1S/C18H19N5O2/c1-12(17-19-20-18(25-17)13-6-4-3-5-7-13)23-9-8-15-14(11-23)10-16(24)22(2)21-15/h3-7,10,12H,8-9,11H2,1-2H3. The first-order valence-electron chi connectivity index (χ1n) is 8.31. The number of benzene rings is 1. The van der Waals surface area contributed by atoms with Gasteiger partial charge >= 0.3 is 0 Å². The molecule has 0 radical (unpaired) electrons. The Bertz CT molecular complexity index is 948. The van der Waals surface area contributed by atoms with Crippen molar-refractivity contribution < 1.29 is 4.42 Å². The first kappa shape index (κ1) is 15.7. The van der Waals surface area contributed by atoms with E-state index in [0.29, 0.717) is 18.3 Å². The van der Waals surface area contributed by atoms with E-state index in [2.05, 4.69) is 20.2 Å². The minimum Gasteiger partial charge on any atom is -0.419 e. The molecule has 2 aromatic heterocycles. The number of nitrogens with zero attached hydrogens (tertiary/aromatic N) is 5. The third-order valence-electron chi connectivity index (χ3n) is 4.63. The van der Waals surface area contributed by atoms with E-state index in [9.17, 15) is 4.79 Å². The van der Waals surface area contributed by atoms with E-state index in [4.69, 9.17) is 4.42 Å². The predicted octanol–water partition coefficient (Wildman–Crippen LogP) is 1.95.